The van der Waals surface area contributed by atoms with Crippen LogP contribution in [0.1, 0.15) is 48.3 Å². The van der Waals surface area contributed by atoms with Crippen molar-refractivity contribution in [2.75, 3.05) is 13.1 Å². The molecule has 1 unspecified atom stereocenters. The lowest BCUT2D eigenvalue weighted by Gasteiger charge is -2.32. The van der Waals surface area contributed by atoms with E-state index in [1.807, 2.05) is 12.4 Å². The van der Waals surface area contributed by atoms with E-state index in [1.54, 1.807) is 0 Å². The summed E-state index contributed by atoms with van der Waals surface area (Å²) in [4.78, 5) is 16.4. The molecule has 1 aromatic carbocycles. The van der Waals surface area contributed by atoms with Gasteiger partial charge < -0.3 is 0 Å². The van der Waals surface area contributed by atoms with Gasteiger partial charge in [-0.2, -0.15) is 0 Å². The second-order valence-corrected chi connectivity index (χ2v) is 7.75. The van der Waals surface area contributed by atoms with Gasteiger partial charge in [-0.1, -0.05) is 36.8 Å². The van der Waals surface area contributed by atoms with Crippen LogP contribution in [0.3, 0.4) is 0 Å². The third kappa shape index (κ3) is 4.45. The Balaban J connectivity index is 1.47. The predicted molar refractivity (Wildman–Crippen MR) is 113 cm³/mol. The number of aryl methyl sites for hydroxylation is 2. The van der Waals surface area contributed by atoms with Crippen molar-refractivity contribution in [2.24, 2.45) is 0 Å². The molecule has 3 aromatic rings. The molecule has 1 atom stereocenters. The molecular formula is C24H28N4. The highest BCUT2D eigenvalue weighted by molar-refractivity contribution is 5.60. The van der Waals surface area contributed by atoms with Gasteiger partial charge in [0.25, 0.3) is 0 Å². The van der Waals surface area contributed by atoms with Crippen molar-refractivity contribution < 1.29 is 0 Å². The molecule has 0 spiro atoms. The van der Waals surface area contributed by atoms with Gasteiger partial charge in [0.1, 0.15) is 5.82 Å². The summed E-state index contributed by atoms with van der Waals surface area (Å²) >= 11 is 0. The van der Waals surface area contributed by atoms with Crippen LogP contribution in [0.5, 0.6) is 0 Å². The van der Waals surface area contributed by atoms with E-state index < -0.39 is 0 Å². The molecule has 4 heteroatoms. The van der Waals surface area contributed by atoms with Crippen LogP contribution in [0.15, 0.2) is 54.9 Å². The van der Waals surface area contributed by atoms with Gasteiger partial charge in [-0.15, -0.1) is 0 Å². The summed E-state index contributed by atoms with van der Waals surface area (Å²) in [5, 5.41) is 0. The first kappa shape index (κ1) is 18.8. The van der Waals surface area contributed by atoms with Crippen molar-refractivity contribution in [3.63, 3.8) is 0 Å². The van der Waals surface area contributed by atoms with Crippen molar-refractivity contribution in [2.45, 2.75) is 45.6 Å². The van der Waals surface area contributed by atoms with Gasteiger partial charge in [0.15, 0.2) is 0 Å². The van der Waals surface area contributed by atoms with Crippen LogP contribution < -0.4 is 0 Å². The van der Waals surface area contributed by atoms with Gasteiger partial charge in [0, 0.05) is 54.6 Å². The van der Waals surface area contributed by atoms with Crippen LogP contribution in [0.25, 0.3) is 11.3 Å². The molecule has 144 valence electrons. The van der Waals surface area contributed by atoms with Gasteiger partial charge >= 0.3 is 0 Å². The maximum atomic E-state index is 5.02. The van der Waals surface area contributed by atoms with Crippen molar-refractivity contribution in [1.29, 1.82) is 0 Å². The number of rotatable bonds is 5. The van der Waals surface area contributed by atoms with E-state index in [0.717, 1.165) is 37.6 Å². The Morgan fingerprint density at radius 1 is 1.07 bits per heavy atom. The number of aromatic nitrogens is 3. The minimum absolute atomic E-state index is 0.481. The number of pyridine rings is 1. The maximum Gasteiger partial charge on any atom is 0.127 e. The topological polar surface area (TPSA) is 41.9 Å². The summed E-state index contributed by atoms with van der Waals surface area (Å²) in [5.74, 6) is 1.40. The summed E-state index contributed by atoms with van der Waals surface area (Å²) in [6, 6.07) is 15.0. The average molecular weight is 373 g/mol. The smallest absolute Gasteiger partial charge is 0.127 e. The second kappa shape index (κ2) is 8.61. The van der Waals surface area contributed by atoms with Crippen molar-refractivity contribution in [1.82, 2.24) is 19.9 Å². The third-order valence-corrected chi connectivity index (χ3v) is 5.49. The van der Waals surface area contributed by atoms with Crippen LogP contribution in [-0.2, 0) is 13.0 Å². The van der Waals surface area contributed by atoms with Gasteiger partial charge in [-0.05, 0) is 44.5 Å². The quantitative estimate of drug-likeness (QED) is 0.646. The van der Waals surface area contributed by atoms with E-state index in [9.17, 15) is 0 Å². The molecule has 3 heterocycles. The van der Waals surface area contributed by atoms with Crippen LogP contribution >= 0.6 is 0 Å². The van der Waals surface area contributed by atoms with E-state index in [1.165, 1.54) is 35.2 Å². The molecule has 1 aliphatic rings. The van der Waals surface area contributed by atoms with Gasteiger partial charge in [0.2, 0.25) is 0 Å². The molecule has 0 aliphatic carbocycles. The molecule has 1 fully saturated rings. The van der Waals surface area contributed by atoms with Gasteiger partial charge in [-0.25, -0.2) is 9.97 Å². The normalized spacial score (nSPS) is 17.6. The summed E-state index contributed by atoms with van der Waals surface area (Å²) in [6.45, 7) is 7.30. The highest BCUT2D eigenvalue weighted by Gasteiger charge is 2.23. The molecule has 28 heavy (non-hydrogen) atoms. The fourth-order valence-electron chi connectivity index (χ4n) is 3.99. The fraction of sp³-hybridized carbons (Fsp3) is 0.375. The molecule has 0 saturated carbocycles. The number of benzene rings is 1. The second-order valence-electron chi connectivity index (χ2n) is 7.75. The predicted octanol–water partition coefficient (Wildman–Crippen LogP) is 4.79. The first-order valence-corrected chi connectivity index (χ1v) is 10.3. The fourth-order valence-corrected chi connectivity index (χ4v) is 3.99. The Bertz CT molecular complexity index is 920. The lowest BCUT2D eigenvalue weighted by molar-refractivity contribution is 0.198. The number of hydrogen-bond acceptors (Lipinski definition) is 4. The van der Waals surface area contributed by atoms with Crippen LogP contribution in [0, 0.1) is 6.92 Å². The molecule has 0 N–H and O–H groups in total. The molecular weight excluding hydrogens is 344 g/mol. The molecule has 0 amide bonds. The Hall–Kier alpha value is -2.59. The Morgan fingerprint density at radius 2 is 1.89 bits per heavy atom. The SMILES string of the molecule is CCc1ncc(CN2CCCC(c3cccc(-c4cccc(C)c4)n3)C2)cn1. The standard InChI is InChI=1S/C24H28N4/c1-3-24-25-14-19(15-26-24)16-28-12-6-9-21(17-28)23-11-5-10-22(27-23)20-8-4-7-18(2)13-20/h4-5,7-8,10-11,13-15,21H,3,6,9,12,16-17H2,1-2H3. The van der Waals surface area contributed by atoms with Crippen molar-refractivity contribution >= 4 is 0 Å². The number of hydrogen-bond donors (Lipinski definition) is 0. The van der Waals surface area contributed by atoms with Crippen molar-refractivity contribution in [3.8, 4) is 11.3 Å². The van der Waals surface area contributed by atoms with E-state index >= 15 is 0 Å². The Kier molecular flexibility index (Phi) is 5.77. The van der Waals surface area contributed by atoms with E-state index in [0.29, 0.717) is 5.92 Å². The highest BCUT2D eigenvalue weighted by Crippen LogP contribution is 2.28. The monoisotopic (exact) mass is 372 g/mol. The minimum Gasteiger partial charge on any atom is -0.298 e. The molecule has 0 radical (unpaired) electrons. The van der Waals surface area contributed by atoms with Crippen LogP contribution in [0.4, 0.5) is 0 Å². The number of piperidine rings is 1. The van der Waals surface area contributed by atoms with E-state index in [4.69, 9.17) is 4.98 Å². The molecule has 1 aliphatic heterocycles. The average Bonchev–Trinajstić information content (AvgIpc) is 2.75. The summed E-state index contributed by atoms with van der Waals surface area (Å²) < 4.78 is 0. The Morgan fingerprint density at radius 3 is 2.68 bits per heavy atom. The Labute approximate surface area is 167 Å². The van der Waals surface area contributed by atoms with E-state index in [-0.39, 0.29) is 0 Å². The maximum absolute atomic E-state index is 5.02. The highest BCUT2D eigenvalue weighted by atomic mass is 15.1. The van der Waals surface area contributed by atoms with Crippen LogP contribution in [0.2, 0.25) is 0 Å². The first-order chi connectivity index (χ1) is 13.7. The molecule has 4 rings (SSSR count). The lowest BCUT2D eigenvalue weighted by atomic mass is 9.93. The van der Waals surface area contributed by atoms with Gasteiger partial charge in [-0.3, -0.25) is 9.88 Å². The summed E-state index contributed by atoms with van der Waals surface area (Å²) in [7, 11) is 0. The van der Waals surface area contributed by atoms with Crippen molar-refractivity contribution in [3.05, 3.63) is 77.5 Å². The van der Waals surface area contributed by atoms with Crippen LogP contribution in [-0.4, -0.2) is 32.9 Å². The zero-order valence-electron chi connectivity index (χ0n) is 16.8. The largest absolute Gasteiger partial charge is 0.298 e. The molecule has 2 aromatic heterocycles. The summed E-state index contributed by atoms with van der Waals surface area (Å²) in [6.07, 6.45) is 7.24. The lowest BCUT2D eigenvalue weighted by Crippen LogP contribution is -2.34. The third-order valence-electron chi connectivity index (χ3n) is 5.49. The molecule has 0 bridgehead atoms. The number of likely N-dealkylation sites (tertiary alicyclic amines) is 1. The minimum atomic E-state index is 0.481. The zero-order chi connectivity index (χ0) is 19.3. The van der Waals surface area contributed by atoms with E-state index in [2.05, 4.69) is 71.2 Å². The first-order valence-electron chi connectivity index (χ1n) is 10.3. The molecule has 1 saturated heterocycles. The zero-order valence-corrected chi connectivity index (χ0v) is 16.8. The summed E-state index contributed by atoms with van der Waals surface area (Å²) in [5.41, 5.74) is 5.94. The molecule has 4 nitrogen and oxygen atoms in total. The van der Waals surface area contributed by atoms with Gasteiger partial charge in [0.05, 0.1) is 5.69 Å². The number of nitrogens with zero attached hydrogens (tertiary/aromatic N) is 4.